The molecule has 0 aromatic heterocycles. The van der Waals surface area contributed by atoms with Gasteiger partial charge < -0.3 is 5.11 Å². The van der Waals surface area contributed by atoms with Crippen LogP contribution in [0.2, 0.25) is 0 Å². The van der Waals surface area contributed by atoms with Crippen LogP contribution in [0.1, 0.15) is 43.7 Å². The zero-order chi connectivity index (χ0) is 15.4. The van der Waals surface area contributed by atoms with E-state index in [1.54, 1.807) is 5.57 Å². The molecule has 0 saturated heterocycles. The molecule has 3 rings (SSSR count). The Morgan fingerprint density at radius 3 is 2.95 bits per heavy atom. The molecule has 2 aliphatic rings. The molecule has 0 bridgehead atoms. The number of nitrogens with zero attached hydrogens (tertiary/aromatic N) is 1. The van der Waals surface area contributed by atoms with Crippen LogP contribution < -0.4 is 0 Å². The van der Waals surface area contributed by atoms with Gasteiger partial charge in [-0.3, -0.25) is 4.90 Å². The van der Waals surface area contributed by atoms with Gasteiger partial charge in [-0.1, -0.05) is 42.9 Å². The minimum Gasteiger partial charge on any atom is -0.508 e. The lowest BCUT2D eigenvalue weighted by Gasteiger charge is -2.35. The van der Waals surface area contributed by atoms with Crippen LogP contribution in [0.3, 0.4) is 0 Å². The molecule has 1 aromatic carbocycles. The number of rotatable bonds is 6. The van der Waals surface area contributed by atoms with Crippen molar-refractivity contribution in [3.05, 3.63) is 53.1 Å². The van der Waals surface area contributed by atoms with E-state index in [-0.39, 0.29) is 0 Å². The van der Waals surface area contributed by atoms with Gasteiger partial charge in [-0.25, -0.2) is 0 Å². The lowest BCUT2D eigenvalue weighted by molar-refractivity contribution is 0.180. The van der Waals surface area contributed by atoms with Crippen molar-refractivity contribution in [3.63, 3.8) is 0 Å². The average Bonchev–Trinajstić information content (AvgIpc) is 3.05. The Kier molecular flexibility index (Phi) is 4.99. The minimum atomic E-state index is 0.487. The van der Waals surface area contributed by atoms with Gasteiger partial charge in [-0.15, -0.1) is 0 Å². The molecular weight excluding hydrogens is 270 g/mol. The van der Waals surface area contributed by atoms with Crippen LogP contribution >= 0.6 is 0 Å². The summed E-state index contributed by atoms with van der Waals surface area (Å²) in [6.45, 7) is 4.57. The van der Waals surface area contributed by atoms with E-state index >= 15 is 0 Å². The minimum absolute atomic E-state index is 0.487. The second-order valence-electron chi connectivity index (χ2n) is 6.55. The molecular formula is C20H27NO. The zero-order valence-electron chi connectivity index (χ0n) is 13.6. The van der Waals surface area contributed by atoms with Crippen LogP contribution in [0.25, 0.3) is 0 Å². The molecule has 1 atom stereocenters. The Morgan fingerprint density at radius 2 is 2.18 bits per heavy atom. The predicted octanol–water partition coefficient (Wildman–Crippen LogP) is 4.24. The monoisotopic (exact) mass is 297 g/mol. The number of allylic oxidation sites excluding steroid dienone is 3. The van der Waals surface area contributed by atoms with Crippen LogP contribution in [-0.4, -0.2) is 29.1 Å². The van der Waals surface area contributed by atoms with E-state index in [2.05, 4.69) is 36.1 Å². The third-order valence-electron chi connectivity index (χ3n) is 5.03. The van der Waals surface area contributed by atoms with Crippen molar-refractivity contribution in [1.82, 2.24) is 4.90 Å². The molecule has 0 saturated carbocycles. The molecule has 0 aliphatic heterocycles. The summed E-state index contributed by atoms with van der Waals surface area (Å²) in [5, 5.41) is 10.2. The summed E-state index contributed by atoms with van der Waals surface area (Å²) >= 11 is 0. The second-order valence-corrected chi connectivity index (χ2v) is 6.55. The Morgan fingerprint density at radius 1 is 1.27 bits per heavy atom. The summed E-state index contributed by atoms with van der Waals surface area (Å²) in [4.78, 5) is 2.65. The van der Waals surface area contributed by atoms with E-state index in [0.717, 1.165) is 32.4 Å². The first-order chi connectivity index (χ1) is 10.8. The fourth-order valence-corrected chi connectivity index (χ4v) is 3.79. The molecule has 0 radical (unpaired) electrons. The first kappa shape index (κ1) is 15.4. The van der Waals surface area contributed by atoms with Gasteiger partial charge >= 0.3 is 0 Å². The molecule has 2 nitrogen and oxygen atoms in total. The van der Waals surface area contributed by atoms with E-state index in [0.29, 0.717) is 11.8 Å². The Labute approximate surface area is 134 Å². The highest BCUT2D eigenvalue weighted by Crippen LogP contribution is 2.31. The number of phenols is 1. The van der Waals surface area contributed by atoms with Gasteiger partial charge in [0.15, 0.2) is 0 Å². The topological polar surface area (TPSA) is 23.5 Å². The van der Waals surface area contributed by atoms with Crippen LogP contribution in [0.4, 0.5) is 0 Å². The summed E-state index contributed by atoms with van der Waals surface area (Å²) in [6, 6.07) is 6.55. The van der Waals surface area contributed by atoms with Gasteiger partial charge in [0.1, 0.15) is 5.75 Å². The number of fused-ring (bicyclic) bond motifs is 1. The van der Waals surface area contributed by atoms with E-state index < -0.39 is 0 Å². The summed E-state index contributed by atoms with van der Waals surface area (Å²) in [5.74, 6) is 0.487. The molecule has 1 N–H and O–H groups in total. The second kappa shape index (κ2) is 7.15. The van der Waals surface area contributed by atoms with Crippen molar-refractivity contribution in [1.29, 1.82) is 0 Å². The van der Waals surface area contributed by atoms with Crippen molar-refractivity contribution >= 4 is 0 Å². The Bertz CT molecular complexity index is 573. The maximum Gasteiger partial charge on any atom is 0.119 e. The predicted molar refractivity (Wildman–Crippen MR) is 92.2 cm³/mol. The fourth-order valence-electron chi connectivity index (χ4n) is 3.79. The zero-order valence-corrected chi connectivity index (χ0v) is 13.6. The number of aromatic hydroxyl groups is 1. The van der Waals surface area contributed by atoms with Crippen molar-refractivity contribution in [2.24, 2.45) is 0 Å². The van der Waals surface area contributed by atoms with Gasteiger partial charge in [-0.2, -0.15) is 0 Å². The molecule has 22 heavy (non-hydrogen) atoms. The molecule has 2 heteroatoms. The number of hydrogen-bond acceptors (Lipinski definition) is 2. The van der Waals surface area contributed by atoms with Gasteiger partial charge in [0.05, 0.1) is 0 Å². The van der Waals surface area contributed by atoms with Crippen molar-refractivity contribution in [2.45, 2.75) is 51.5 Å². The molecule has 1 aromatic rings. The fraction of sp³-hybridized carbons (Fsp3) is 0.500. The Hall–Kier alpha value is -1.54. The maximum absolute atomic E-state index is 10.2. The average molecular weight is 297 g/mol. The van der Waals surface area contributed by atoms with Gasteiger partial charge in [0, 0.05) is 12.6 Å². The first-order valence-electron chi connectivity index (χ1n) is 8.66. The van der Waals surface area contributed by atoms with E-state index in [1.807, 2.05) is 12.1 Å². The van der Waals surface area contributed by atoms with Crippen molar-refractivity contribution in [2.75, 3.05) is 13.1 Å². The van der Waals surface area contributed by atoms with Gasteiger partial charge in [0.2, 0.25) is 0 Å². The molecule has 2 aliphatic carbocycles. The summed E-state index contributed by atoms with van der Waals surface area (Å²) in [6.07, 6.45) is 13.5. The SMILES string of the molecule is CCCN(CCC1=CC=CC1)C1CCc2cccc(O)c2C1. The number of phenolic OH excluding ortho intramolecular Hbond substituents is 1. The van der Waals surface area contributed by atoms with Crippen LogP contribution in [0.15, 0.2) is 42.0 Å². The van der Waals surface area contributed by atoms with Crippen LogP contribution in [0.5, 0.6) is 5.75 Å². The Balaban J connectivity index is 1.65. The lowest BCUT2D eigenvalue weighted by atomic mass is 9.86. The smallest absolute Gasteiger partial charge is 0.119 e. The van der Waals surface area contributed by atoms with Crippen molar-refractivity contribution < 1.29 is 5.11 Å². The standard InChI is InChI=1S/C20H27NO/c1-2-13-21(14-12-16-6-3-4-7-16)18-11-10-17-8-5-9-20(22)19(17)15-18/h3-6,8-9,18,22H,2,7,10-15H2,1H3. The van der Waals surface area contributed by atoms with E-state index in [1.165, 1.54) is 30.4 Å². The number of hydrogen-bond donors (Lipinski definition) is 1. The number of benzene rings is 1. The maximum atomic E-state index is 10.2. The van der Waals surface area contributed by atoms with Crippen LogP contribution in [-0.2, 0) is 12.8 Å². The van der Waals surface area contributed by atoms with Gasteiger partial charge in [0.25, 0.3) is 0 Å². The van der Waals surface area contributed by atoms with E-state index in [9.17, 15) is 5.11 Å². The number of aryl methyl sites for hydroxylation is 1. The van der Waals surface area contributed by atoms with Crippen molar-refractivity contribution in [3.8, 4) is 5.75 Å². The molecule has 0 amide bonds. The summed E-state index contributed by atoms with van der Waals surface area (Å²) in [5.41, 5.74) is 4.08. The third-order valence-corrected chi connectivity index (χ3v) is 5.03. The molecule has 118 valence electrons. The normalized spacial score (nSPS) is 20.3. The highest BCUT2D eigenvalue weighted by Gasteiger charge is 2.25. The summed E-state index contributed by atoms with van der Waals surface area (Å²) < 4.78 is 0. The third kappa shape index (κ3) is 3.44. The first-order valence-corrected chi connectivity index (χ1v) is 8.66. The van der Waals surface area contributed by atoms with Crippen LogP contribution in [0, 0.1) is 0 Å². The molecule has 0 fully saturated rings. The molecule has 0 spiro atoms. The lowest BCUT2D eigenvalue weighted by Crippen LogP contribution is -2.40. The highest BCUT2D eigenvalue weighted by molar-refractivity contribution is 5.41. The molecule has 0 heterocycles. The largest absolute Gasteiger partial charge is 0.508 e. The van der Waals surface area contributed by atoms with E-state index in [4.69, 9.17) is 0 Å². The highest BCUT2D eigenvalue weighted by atomic mass is 16.3. The van der Waals surface area contributed by atoms with Gasteiger partial charge in [-0.05, 0) is 62.3 Å². The quantitative estimate of drug-likeness (QED) is 0.849. The molecule has 1 unspecified atom stereocenters. The summed E-state index contributed by atoms with van der Waals surface area (Å²) in [7, 11) is 0.